The maximum absolute atomic E-state index is 11.1. The van der Waals surface area contributed by atoms with Gasteiger partial charge in [-0.15, -0.1) is 0 Å². The number of nitrogens with one attached hydrogen (secondary N) is 2. The summed E-state index contributed by atoms with van der Waals surface area (Å²) >= 11 is 0. The Morgan fingerprint density at radius 2 is 2.38 bits per heavy atom. The predicted molar refractivity (Wildman–Crippen MR) is 54.3 cm³/mol. The molecule has 0 bridgehead atoms. The summed E-state index contributed by atoms with van der Waals surface area (Å²) in [6, 6.07) is 0. The Kier molecular flexibility index (Phi) is 4.97. The molecule has 0 radical (unpaired) electrons. The number of H-pyrrole nitrogens is 1. The standard InChI is InChI=1S/C9H14N4O3/c1-2-16-9(15)8(14)10-5-3-4-7-11-6-12-13-7/h6H,2-5H2,1H3,(H,10,14)(H,11,12,13). The lowest BCUT2D eigenvalue weighted by Gasteiger charge is -2.03. The second kappa shape index (κ2) is 6.54. The normalized spacial score (nSPS) is 9.81. The minimum Gasteiger partial charge on any atom is -0.459 e. The van der Waals surface area contributed by atoms with Crippen LogP contribution >= 0.6 is 0 Å². The van der Waals surface area contributed by atoms with E-state index in [1.54, 1.807) is 6.92 Å². The van der Waals surface area contributed by atoms with Crippen molar-refractivity contribution in [2.24, 2.45) is 0 Å². The van der Waals surface area contributed by atoms with Gasteiger partial charge < -0.3 is 10.1 Å². The first-order valence-corrected chi connectivity index (χ1v) is 5.03. The molecule has 0 aliphatic carbocycles. The summed E-state index contributed by atoms with van der Waals surface area (Å²) < 4.78 is 4.53. The molecule has 1 amide bonds. The van der Waals surface area contributed by atoms with Crippen LogP contribution in [-0.4, -0.2) is 40.2 Å². The monoisotopic (exact) mass is 226 g/mol. The van der Waals surface area contributed by atoms with Gasteiger partial charge >= 0.3 is 11.9 Å². The van der Waals surface area contributed by atoms with Crippen LogP contribution in [0, 0.1) is 0 Å². The highest BCUT2D eigenvalue weighted by atomic mass is 16.5. The van der Waals surface area contributed by atoms with Gasteiger partial charge in [-0.05, 0) is 13.3 Å². The molecule has 0 unspecified atom stereocenters. The number of aromatic nitrogens is 3. The molecule has 0 saturated carbocycles. The Morgan fingerprint density at radius 1 is 1.56 bits per heavy atom. The van der Waals surface area contributed by atoms with Gasteiger partial charge in [0.1, 0.15) is 12.2 Å². The van der Waals surface area contributed by atoms with Crippen LogP contribution in [-0.2, 0) is 20.7 Å². The third kappa shape index (κ3) is 4.07. The first-order chi connectivity index (χ1) is 7.74. The molecule has 7 heteroatoms. The highest BCUT2D eigenvalue weighted by Gasteiger charge is 2.13. The summed E-state index contributed by atoms with van der Waals surface area (Å²) in [6.45, 7) is 2.25. The Bertz CT molecular complexity index is 337. The molecule has 88 valence electrons. The van der Waals surface area contributed by atoms with Crippen molar-refractivity contribution in [3.8, 4) is 0 Å². The molecule has 0 aromatic carbocycles. The van der Waals surface area contributed by atoms with Gasteiger partial charge in [0.05, 0.1) is 6.61 Å². The molecular weight excluding hydrogens is 212 g/mol. The zero-order valence-corrected chi connectivity index (χ0v) is 9.02. The van der Waals surface area contributed by atoms with E-state index in [0.717, 1.165) is 5.82 Å². The molecule has 1 aromatic heterocycles. The zero-order valence-electron chi connectivity index (χ0n) is 9.02. The van der Waals surface area contributed by atoms with E-state index in [2.05, 4.69) is 25.2 Å². The average Bonchev–Trinajstić information content (AvgIpc) is 2.77. The number of rotatable bonds is 5. The molecule has 16 heavy (non-hydrogen) atoms. The molecule has 0 aliphatic heterocycles. The van der Waals surface area contributed by atoms with Crippen molar-refractivity contribution in [1.29, 1.82) is 0 Å². The number of carbonyl (C=O) groups excluding carboxylic acids is 2. The SMILES string of the molecule is CCOC(=O)C(=O)NCCCc1ncn[nH]1. The second-order valence-corrected chi connectivity index (χ2v) is 3.01. The van der Waals surface area contributed by atoms with E-state index >= 15 is 0 Å². The molecule has 1 heterocycles. The predicted octanol–water partition coefficient (Wildman–Crippen LogP) is -0.583. The van der Waals surface area contributed by atoms with Crippen LogP contribution in [0.2, 0.25) is 0 Å². The molecule has 1 rings (SSSR count). The smallest absolute Gasteiger partial charge is 0.396 e. The molecule has 7 nitrogen and oxygen atoms in total. The van der Waals surface area contributed by atoms with Crippen molar-refractivity contribution in [2.45, 2.75) is 19.8 Å². The van der Waals surface area contributed by atoms with Crippen LogP contribution < -0.4 is 5.32 Å². The van der Waals surface area contributed by atoms with Crippen LogP contribution in [0.15, 0.2) is 6.33 Å². The van der Waals surface area contributed by atoms with E-state index in [1.807, 2.05) is 0 Å². The lowest BCUT2D eigenvalue weighted by atomic mass is 10.3. The van der Waals surface area contributed by atoms with Gasteiger partial charge in [-0.1, -0.05) is 0 Å². The lowest BCUT2D eigenvalue weighted by molar-refractivity contribution is -0.154. The summed E-state index contributed by atoms with van der Waals surface area (Å²) in [6.07, 6.45) is 2.77. The largest absolute Gasteiger partial charge is 0.459 e. The number of amides is 1. The van der Waals surface area contributed by atoms with E-state index in [0.29, 0.717) is 19.4 Å². The molecule has 0 fully saturated rings. The number of ether oxygens (including phenoxy) is 1. The fourth-order valence-electron chi connectivity index (χ4n) is 1.08. The van der Waals surface area contributed by atoms with Crippen molar-refractivity contribution in [3.05, 3.63) is 12.2 Å². The van der Waals surface area contributed by atoms with Gasteiger partial charge in [0.25, 0.3) is 0 Å². The van der Waals surface area contributed by atoms with E-state index in [4.69, 9.17) is 0 Å². The number of hydrogen-bond donors (Lipinski definition) is 2. The van der Waals surface area contributed by atoms with Gasteiger partial charge in [-0.3, -0.25) is 9.89 Å². The maximum Gasteiger partial charge on any atom is 0.396 e. The number of esters is 1. The van der Waals surface area contributed by atoms with Gasteiger partial charge in [0.15, 0.2) is 0 Å². The summed E-state index contributed by atoms with van der Waals surface area (Å²) in [4.78, 5) is 25.9. The molecule has 0 spiro atoms. The minimum atomic E-state index is -0.845. The highest BCUT2D eigenvalue weighted by molar-refractivity contribution is 6.32. The van der Waals surface area contributed by atoms with Gasteiger partial charge in [0, 0.05) is 13.0 Å². The third-order valence-corrected chi connectivity index (χ3v) is 1.80. The Hall–Kier alpha value is -1.92. The summed E-state index contributed by atoms with van der Waals surface area (Å²) in [5.41, 5.74) is 0. The van der Waals surface area contributed by atoms with Crippen molar-refractivity contribution in [1.82, 2.24) is 20.5 Å². The Labute approximate surface area is 92.6 Å². The number of aryl methyl sites for hydroxylation is 1. The van der Waals surface area contributed by atoms with Crippen LogP contribution in [0.5, 0.6) is 0 Å². The summed E-state index contributed by atoms with van der Waals surface area (Å²) in [7, 11) is 0. The minimum absolute atomic E-state index is 0.199. The molecular formula is C9H14N4O3. The average molecular weight is 226 g/mol. The number of hydrogen-bond acceptors (Lipinski definition) is 5. The van der Waals surface area contributed by atoms with Gasteiger partial charge in [0.2, 0.25) is 0 Å². The van der Waals surface area contributed by atoms with E-state index in [-0.39, 0.29) is 6.61 Å². The number of nitrogens with zero attached hydrogens (tertiary/aromatic N) is 2. The molecule has 0 atom stereocenters. The fourth-order valence-corrected chi connectivity index (χ4v) is 1.08. The van der Waals surface area contributed by atoms with Crippen molar-refractivity contribution >= 4 is 11.9 Å². The highest BCUT2D eigenvalue weighted by Crippen LogP contribution is 1.91. The third-order valence-electron chi connectivity index (χ3n) is 1.80. The van der Waals surface area contributed by atoms with Crippen LogP contribution in [0.1, 0.15) is 19.2 Å². The van der Waals surface area contributed by atoms with E-state index in [1.165, 1.54) is 6.33 Å². The van der Waals surface area contributed by atoms with E-state index in [9.17, 15) is 9.59 Å². The Morgan fingerprint density at radius 3 is 3.00 bits per heavy atom. The molecule has 0 aliphatic rings. The topological polar surface area (TPSA) is 97.0 Å². The van der Waals surface area contributed by atoms with Gasteiger partial charge in [-0.25, -0.2) is 9.78 Å². The van der Waals surface area contributed by atoms with Crippen LogP contribution in [0.25, 0.3) is 0 Å². The van der Waals surface area contributed by atoms with Crippen molar-refractivity contribution in [3.63, 3.8) is 0 Å². The van der Waals surface area contributed by atoms with E-state index < -0.39 is 11.9 Å². The van der Waals surface area contributed by atoms with Crippen LogP contribution in [0.4, 0.5) is 0 Å². The molecule has 1 aromatic rings. The fraction of sp³-hybridized carbons (Fsp3) is 0.556. The number of aromatic amines is 1. The van der Waals surface area contributed by atoms with Crippen molar-refractivity contribution < 1.29 is 14.3 Å². The first kappa shape index (κ1) is 12.2. The van der Waals surface area contributed by atoms with Gasteiger partial charge in [-0.2, -0.15) is 5.10 Å². The Balaban J connectivity index is 2.11. The van der Waals surface area contributed by atoms with Crippen molar-refractivity contribution in [2.75, 3.05) is 13.2 Å². The maximum atomic E-state index is 11.1. The zero-order chi connectivity index (χ0) is 11.8. The summed E-state index contributed by atoms with van der Waals surface area (Å²) in [5.74, 6) is -0.799. The summed E-state index contributed by atoms with van der Waals surface area (Å²) in [5, 5.41) is 8.85. The molecule has 2 N–H and O–H groups in total. The first-order valence-electron chi connectivity index (χ1n) is 5.03. The number of carbonyl (C=O) groups is 2. The quantitative estimate of drug-likeness (QED) is 0.397. The molecule has 0 saturated heterocycles. The lowest BCUT2D eigenvalue weighted by Crippen LogP contribution is -2.33. The van der Waals surface area contributed by atoms with Crippen LogP contribution in [0.3, 0.4) is 0 Å². The second-order valence-electron chi connectivity index (χ2n) is 3.01.